The molecule has 3 heterocycles. The van der Waals surface area contributed by atoms with Crippen molar-refractivity contribution in [3.05, 3.63) is 41.7 Å². The Labute approximate surface area is 146 Å². The first-order chi connectivity index (χ1) is 12.1. The van der Waals surface area contributed by atoms with Gasteiger partial charge < -0.3 is 19.8 Å². The van der Waals surface area contributed by atoms with Crippen molar-refractivity contribution in [2.24, 2.45) is 7.05 Å². The van der Waals surface area contributed by atoms with Crippen LogP contribution in [0.4, 0.5) is 0 Å². The van der Waals surface area contributed by atoms with Crippen molar-refractivity contribution in [1.29, 1.82) is 0 Å². The molecule has 1 saturated heterocycles. The minimum absolute atomic E-state index is 0.104. The lowest BCUT2D eigenvalue weighted by molar-refractivity contribution is -0.138. The van der Waals surface area contributed by atoms with E-state index < -0.39 is 0 Å². The van der Waals surface area contributed by atoms with E-state index in [1.165, 1.54) is 0 Å². The number of piperidine rings is 1. The van der Waals surface area contributed by atoms with Crippen LogP contribution in [0.3, 0.4) is 0 Å². The molecule has 0 aromatic carbocycles. The number of H-pyrrole nitrogens is 1. The molecular weight excluding hydrogens is 318 g/mol. The second-order valence-electron chi connectivity index (χ2n) is 7.04. The van der Waals surface area contributed by atoms with Gasteiger partial charge in [0.15, 0.2) is 0 Å². The van der Waals surface area contributed by atoms with Crippen molar-refractivity contribution >= 4 is 11.8 Å². The average Bonchev–Trinajstić information content (AvgIpc) is 3.19. The lowest BCUT2D eigenvalue weighted by Gasteiger charge is -2.41. The highest BCUT2D eigenvalue weighted by molar-refractivity contribution is 5.95. The quantitative estimate of drug-likeness (QED) is 0.887. The molecule has 2 N–H and O–H groups in total. The fourth-order valence-corrected chi connectivity index (χ4v) is 3.75. The van der Waals surface area contributed by atoms with Gasteiger partial charge in [0.05, 0.1) is 11.6 Å². The molecule has 2 aliphatic rings. The van der Waals surface area contributed by atoms with Crippen LogP contribution in [0.15, 0.2) is 24.8 Å². The van der Waals surface area contributed by atoms with Crippen LogP contribution in [-0.4, -0.2) is 43.3 Å². The maximum atomic E-state index is 12.7. The first kappa shape index (κ1) is 15.9. The SMILES string of the molecule is Cc1c[nH]cc1C(=O)N[C@@H]1CCC(=O)N(C2CC2)[C@H]1c1nccn1C. The molecule has 2 fully saturated rings. The van der Waals surface area contributed by atoms with Crippen molar-refractivity contribution in [1.82, 2.24) is 24.8 Å². The summed E-state index contributed by atoms with van der Waals surface area (Å²) >= 11 is 0. The molecule has 7 nitrogen and oxygen atoms in total. The smallest absolute Gasteiger partial charge is 0.253 e. The lowest BCUT2D eigenvalue weighted by Crippen LogP contribution is -2.53. The minimum atomic E-state index is -0.211. The van der Waals surface area contributed by atoms with E-state index >= 15 is 0 Å². The summed E-state index contributed by atoms with van der Waals surface area (Å²) in [7, 11) is 1.93. The first-order valence-corrected chi connectivity index (χ1v) is 8.79. The van der Waals surface area contributed by atoms with E-state index in [1.54, 1.807) is 12.4 Å². The van der Waals surface area contributed by atoms with Gasteiger partial charge in [0.2, 0.25) is 5.91 Å². The number of imidazole rings is 1. The molecule has 0 unspecified atom stereocenters. The van der Waals surface area contributed by atoms with Gasteiger partial charge in [-0.25, -0.2) is 4.98 Å². The van der Waals surface area contributed by atoms with Crippen LogP contribution in [0.25, 0.3) is 0 Å². The Kier molecular flexibility index (Phi) is 3.86. The number of aryl methyl sites for hydroxylation is 2. The van der Waals surface area contributed by atoms with Gasteiger partial charge in [0.25, 0.3) is 5.91 Å². The predicted molar refractivity (Wildman–Crippen MR) is 91.8 cm³/mol. The molecule has 0 spiro atoms. The highest BCUT2D eigenvalue weighted by Crippen LogP contribution is 2.40. The average molecular weight is 341 g/mol. The van der Waals surface area contributed by atoms with Crippen LogP contribution in [0.2, 0.25) is 0 Å². The number of aromatic amines is 1. The summed E-state index contributed by atoms with van der Waals surface area (Å²) in [4.78, 5) is 34.7. The van der Waals surface area contributed by atoms with E-state index in [1.807, 2.05) is 35.8 Å². The Hall–Kier alpha value is -2.57. The normalized spacial score (nSPS) is 23.8. The van der Waals surface area contributed by atoms with Gasteiger partial charge in [-0.05, 0) is 31.7 Å². The Morgan fingerprint density at radius 2 is 2.12 bits per heavy atom. The fraction of sp³-hybridized carbons (Fsp3) is 0.500. The molecule has 1 saturated carbocycles. The molecule has 132 valence electrons. The number of aromatic nitrogens is 3. The monoisotopic (exact) mass is 341 g/mol. The number of amides is 2. The largest absolute Gasteiger partial charge is 0.367 e. The zero-order valence-corrected chi connectivity index (χ0v) is 14.5. The lowest BCUT2D eigenvalue weighted by atomic mass is 9.94. The zero-order chi connectivity index (χ0) is 17.6. The topological polar surface area (TPSA) is 83.0 Å². The van der Waals surface area contributed by atoms with Gasteiger partial charge in [0.1, 0.15) is 11.9 Å². The highest BCUT2D eigenvalue weighted by Gasteiger charge is 2.46. The molecule has 2 atom stereocenters. The predicted octanol–water partition coefficient (Wildman–Crippen LogP) is 1.68. The third kappa shape index (κ3) is 2.83. The summed E-state index contributed by atoms with van der Waals surface area (Å²) in [6, 6.07) is -0.0685. The Balaban J connectivity index is 1.65. The third-order valence-electron chi connectivity index (χ3n) is 5.21. The van der Waals surface area contributed by atoms with Gasteiger partial charge in [-0.15, -0.1) is 0 Å². The van der Waals surface area contributed by atoms with Crippen molar-refractivity contribution in [2.75, 3.05) is 0 Å². The second-order valence-corrected chi connectivity index (χ2v) is 7.04. The molecule has 7 heteroatoms. The second kappa shape index (κ2) is 6.06. The molecule has 0 radical (unpaired) electrons. The van der Waals surface area contributed by atoms with Crippen LogP contribution in [0.1, 0.15) is 53.5 Å². The number of carbonyl (C=O) groups excluding carboxylic acids is 2. The summed E-state index contributed by atoms with van der Waals surface area (Å²) in [6.45, 7) is 1.91. The standard InChI is InChI=1S/C18H23N5O2/c1-11-9-19-10-13(11)18(25)21-14-5-6-15(24)23(12-3-4-12)16(14)17-20-7-8-22(17)2/h7-10,12,14,16,19H,3-6H2,1-2H3,(H,21,25)/t14-,16-/m1/s1. The van der Waals surface area contributed by atoms with Crippen molar-refractivity contribution < 1.29 is 9.59 Å². The molecule has 0 bridgehead atoms. The third-order valence-corrected chi connectivity index (χ3v) is 5.21. The fourth-order valence-electron chi connectivity index (χ4n) is 3.75. The van der Waals surface area contributed by atoms with Crippen molar-refractivity contribution in [3.8, 4) is 0 Å². The summed E-state index contributed by atoms with van der Waals surface area (Å²) in [5.74, 6) is 0.892. The number of hydrogen-bond donors (Lipinski definition) is 2. The molecule has 25 heavy (non-hydrogen) atoms. The van der Waals surface area contributed by atoms with Crippen LogP contribution in [0.5, 0.6) is 0 Å². The number of hydrogen-bond acceptors (Lipinski definition) is 3. The van der Waals surface area contributed by atoms with E-state index in [0.29, 0.717) is 18.4 Å². The maximum Gasteiger partial charge on any atom is 0.253 e. The number of likely N-dealkylation sites (tertiary alicyclic amines) is 1. The molecule has 2 amide bonds. The Morgan fingerprint density at radius 1 is 1.32 bits per heavy atom. The Morgan fingerprint density at radius 3 is 2.72 bits per heavy atom. The summed E-state index contributed by atoms with van der Waals surface area (Å²) in [5.41, 5.74) is 1.56. The molecule has 1 aliphatic heterocycles. The van der Waals surface area contributed by atoms with Crippen LogP contribution >= 0.6 is 0 Å². The van der Waals surface area contributed by atoms with Gasteiger partial charge in [-0.3, -0.25) is 9.59 Å². The first-order valence-electron chi connectivity index (χ1n) is 8.79. The van der Waals surface area contributed by atoms with Gasteiger partial charge in [-0.1, -0.05) is 0 Å². The van der Waals surface area contributed by atoms with E-state index in [4.69, 9.17) is 0 Å². The molecular formula is C18H23N5O2. The van der Waals surface area contributed by atoms with Crippen molar-refractivity contribution in [2.45, 2.75) is 50.7 Å². The number of nitrogens with one attached hydrogen (secondary N) is 2. The maximum absolute atomic E-state index is 12.7. The number of rotatable bonds is 4. The molecule has 2 aromatic heterocycles. The van der Waals surface area contributed by atoms with Gasteiger partial charge >= 0.3 is 0 Å². The van der Waals surface area contributed by atoms with E-state index in [2.05, 4.69) is 15.3 Å². The Bertz CT molecular complexity index is 804. The van der Waals surface area contributed by atoms with Crippen LogP contribution in [0, 0.1) is 6.92 Å². The molecule has 2 aromatic rings. The number of nitrogens with zero attached hydrogens (tertiary/aromatic N) is 3. The number of carbonyl (C=O) groups is 2. The molecule has 1 aliphatic carbocycles. The van der Waals surface area contributed by atoms with Crippen LogP contribution < -0.4 is 5.32 Å². The van der Waals surface area contributed by atoms with E-state index in [-0.39, 0.29) is 29.9 Å². The van der Waals surface area contributed by atoms with Gasteiger partial charge in [-0.2, -0.15) is 0 Å². The van der Waals surface area contributed by atoms with Gasteiger partial charge in [0, 0.05) is 44.3 Å². The summed E-state index contributed by atoms with van der Waals surface area (Å²) < 4.78 is 1.94. The molecule has 4 rings (SSSR count). The van der Waals surface area contributed by atoms with Crippen molar-refractivity contribution in [3.63, 3.8) is 0 Å². The van der Waals surface area contributed by atoms with Crippen LogP contribution in [-0.2, 0) is 11.8 Å². The minimum Gasteiger partial charge on any atom is -0.367 e. The zero-order valence-electron chi connectivity index (χ0n) is 14.5. The van der Waals surface area contributed by atoms with E-state index in [9.17, 15) is 9.59 Å². The summed E-state index contributed by atoms with van der Waals surface area (Å²) in [5, 5.41) is 3.15. The van der Waals surface area contributed by atoms with E-state index in [0.717, 1.165) is 24.2 Å². The highest BCUT2D eigenvalue weighted by atomic mass is 16.2. The summed E-state index contributed by atoms with van der Waals surface area (Å²) in [6.07, 6.45) is 10.3.